The third kappa shape index (κ3) is 2.36. The third-order valence-corrected chi connectivity index (χ3v) is 3.39. The first-order chi connectivity index (χ1) is 7.70. The van der Waals surface area contributed by atoms with Crippen molar-refractivity contribution in [3.05, 3.63) is 34.2 Å². The summed E-state index contributed by atoms with van der Waals surface area (Å²) >= 11 is 7.65. The van der Waals surface area contributed by atoms with Gasteiger partial charge >= 0.3 is 0 Å². The molecule has 0 aliphatic carbocycles. The fourth-order valence-corrected chi connectivity index (χ4v) is 2.62. The molecule has 0 radical (unpaired) electrons. The number of hydrogen-bond donors (Lipinski definition) is 1. The van der Waals surface area contributed by atoms with Crippen molar-refractivity contribution in [3.63, 3.8) is 0 Å². The van der Waals surface area contributed by atoms with E-state index >= 15 is 0 Å². The molecular weight excluding hydrogens is 240 g/mol. The maximum atomic E-state index is 5.98. The quantitative estimate of drug-likeness (QED) is 0.886. The summed E-state index contributed by atoms with van der Waals surface area (Å²) in [7, 11) is 0. The van der Waals surface area contributed by atoms with Gasteiger partial charge in [-0.25, -0.2) is 4.98 Å². The average Bonchev–Trinajstić information content (AvgIpc) is 2.60. The van der Waals surface area contributed by atoms with E-state index in [1.807, 2.05) is 24.3 Å². The summed E-state index contributed by atoms with van der Waals surface area (Å²) in [5, 5.41) is 4.94. The molecule has 0 spiro atoms. The highest BCUT2D eigenvalue weighted by molar-refractivity contribution is 7.16. The Kier molecular flexibility index (Phi) is 3.46. The van der Waals surface area contributed by atoms with Crippen LogP contribution >= 0.6 is 22.9 Å². The van der Waals surface area contributed by atoms with E-state index in [1.165, 1.54) is 4.88 Å². The molecule has 4 heteroatoms. The van der Waals surface area contributed by atoms with Crippen molar-refractivity contribution in [2.24, 2.45) is 0 Å². The summed E-state index contributed by atoms with van der Waals surface area (Å²) in [4.78, 5) is 5.77. The molecule has 0 aliphatic rings. The van der Waals surface area contributed by atoms with E-state index in [1.54, 1.807) is 11.3 Å². The second-order valence-corrected chi connectivity index (χ2v) is 5.10. The Balaban J connectivity index is 2.40. The third-order valence-electron chi connectivity index (χ3n) is 2.22. The summed E-state index contributed by atoms with van der Waals surface area (Å²) in [6, 6.07) is 7.80. The van der Waals surface area contributed by atoms with Crippen molar-refractivity contribution in [1.29, 1.82) is 0 Å². The van der Waals surface area contributed by atoms with Gasteiger partial charge < -0.3 is 5.32 Å². The van der Waals surface area contributed by atoms with E-state index in [9.17, 15) is 0 Å². The number of aromatic nitrogens is 1. The fourth-order valence-electron chi connectivity index (χ4n) is 1.53. The molecule has 16 heavy (non-hydrogen) atoms. The number of nitrogens with zero attached hydrogens (tertiary/aromatic N) is 1. The van der Waals surface area contributed by atoms with Crippen LogP contribution in [-0.2, 0) is 0 Å². The molecule has 1 aromatic heterocycles. The van der Waals surface area contributed by atoms with Gasteiger partial charge in [0, 0.05) is 22.0 Å². The van der Waals surface area contributed by atoms with Crippen molar-refractivity contribution >= 4 is 28.1 Å². The summed E-state index contributed by atoms with van der Waals surface area (Å²) in [6.07, 6.45) is 0. The Morgan fingerprint density at radius 3 is 2.94 bits per heavy atom. The average molecular weight is 253 g/mol. The topological polar surface area (TPSA) is 24.9 Å². The number of nitrogens with one attached hydrogen (secondary N) is 1. The lowest BCUT2D eigenvalue weighted by molar-refractivity contribution is 1.19. The number of hydrogen-bond acceptors (Lipinski definition) is 3. The van der Waals surface area contributed by atoms with Crippen LogP contribution in [0.3, 0.4) is 0 Å². The first kappa shape index (κ1) is 11.4. The highest BCUT2D eigenvalue weighted by atomic mass is 35.5. The molecular formula is C12H13ClN2S. The molecule has 1 heterocycles. The van der Waals surface area contributed by atoms with Crippen LogP contribution in [0, 0.1) is 6.92 Å². The van der Waals surface area contributed by atoms with Gasteiger partial charge in [-0.05, 0) is 26.0 Å². The summed E-state index contributed by atoms with van der Waals surface area (Å²) in [5.74, 6) is 0. The van der Waals surface area contributed by atoms with Crippen LogP contribution in [0.4, 0.5) is 5.13 Å². The molecule has 0 saturated carbocycles. The lowest BCUT2D eigenvalue weighted by Crippen LogP contribution is -1.94. The van der Waals surface area contributed by atoms with E-state index in [0.717, 1.165) is 28.0 Å². The normalized spacial score (nSPS) is 10.4. The van der Waals surface area contributed by atoms with Gasteiger partial charge in [0.15, 0.2) is 5.13 Å². The van der Waals surface area contributed by atoms with Gasteiger partial charge in [0.05, 0.1) is 5.69 Å². The summed E-state index contributed by atoms with van der Waals surface area (Å²) in [6.45, 7) is 5.03. The van der Waals surface area contributed by atoms with Crippen LogP contribution in [0.15, 0.2) is 24.3 Å². The number of rotatable bonds is 3. The number of benzene rings is 1. The largest absolute Gasteiger partial charge is 0.362 e. The first-order valence-corrected chi connectivity index (χ1v) is 6.37. The lowest BCUT2D eigenvalue weighted by Gasteiger charge is -1.99. The molecule has 2 rings (SSSR count). The standard InChI is InChI=1S/C12H13ClN2S/c1-3-14-12-15-11(8(2)16-12)9-5-4-6-10(13)7-9/h4-7H,3H2,1-2H3,(H,14,15). The van der Waals surface area contributed by atoms with Crippen LogP contribution in [0.5, 0.6) is 0 Å². The zero-order valence-electron chi connectivity index (χ0n) is 9.25. The zero-order valence-corrected chi connectivity index (χ0v) is 10.8. The summed E-state index contributed by atoms with van der Waals surface area (Å²) in [5.41, 5.74) is 2.09. The zero-order chi connectivity index (χ0) is 11.5. The highest BCUT2D eigenvalue weighted by Gasteiger charge is 2.09. The number of thiazole rings is 1. The predicted octanol–water partition coefficient (Wildman–Crippen LogP) is 4.20. The van der Waals surface area contributed by atoms with Gasteiger partial charge in [0.25, 0.3) is 0 Å². The molecule has 0 bridgehead atoms. The second kappa shape index (κ2) is 4.85. The highest BCUT2D eigenvalue weighted by Crippen LogP contribution is 2.31. The molecule has 1 N–H and O–H groups in total. The number of anilines is 1. The van der Waals surface area contributed by atoms with Crippen LogP contribution in [0.25, 0.3) is 11.3 Å². The van der Waals surface area contributed by atoms with Crippen LogP contribution in [-0.4, -0.2) is 11.5 Å². The number of aryl methyl sites for hydroxylation is 1. The van der Waals surface area contributed by atoms with Gasteiger partial charge in [-0.15, -0.1) is 11.3 Å². The molecule has 0 fully saturated rings. The van der Waals surface area contributed by atoms with E-state index < -0.39 is 0 Å². The Bertz CT molecular complexity index is 494. The second-order valence-electron chi connectivity index (χ2n) is 3.46. The number of halogens is 1. The van der Waals surface area contributed by atoms with E-state index in [0.29, 0.717) is 0 Å². The van der Waals surface area contributed by atoms with Crippen LogP contribution < -0.4 is 5.32 Å². The molecule has 0 atom stereocenters. The molecule has 2 nitrogen and oxygen atoms in total. The van der Waals surface area contributed by atoms with Gasteiger partial charge in [-0.1, -0.05) is 23.7 Å². The fraction of sp³-hybridized carbons (Fsp3) is 0.250. The van der Waals surface area contributed by atoms with Crippen molar-refractivity contribution in [1.82, 2.24) is 4.98 Å². The van der Waals surface area contributed by atoms with Crippen LogP contribution in [0.2, 0.25) is 5.02 Å². The van der Waals surface area contributed by atoms with E-state index in [-0.39, 0.29) is 0 Å². The van der Waals surface area contributed by atoms with Gasteiger partial charge in [0.2, 0.25) is 0 Å². The molecule has 0 amide bonds. The lowest BCUT2D eigenvalue weighted by atomic mass is 10.1. The smallest absolute Gasteiger partial charge is 0.183 e. The van der Waals surface area contributed by atoms with Crippen LogP contribution in [0.1, 0.15) is 11.8 Å². The van der Waals surface area contributed by atoms with Gasteiger partial charge in [0.1, 0.15) is 0 Å². The Morgan fingerprint density at radius 2 is 2.25 bits per heavy atom. The Labute approximate surface area is 104 Å². The molecule has 84 valence electrons. The SMILES string of the molecule is CCNc1nc(-c2cccc(Cl)c2)c(C)s1. The minimum atomic E-state index is 0.745. The van der Waals surface area contributed by atoms with Crippen molar-refractivity contribution < 1.29 is 0 Å². The molecule has 0 saturated heterocycles. The maximum Gasteiger partial charge on any atom is 0.183 e. The molecule has 2 aromatic rings. The minimum Gasteiger partial charge on any atom is -0.362 e. The van der Waals surface area contributed by atoms with Crippen molar-refractivity contribution in [3.8, 4) is 11.3 Å². The molecule has 1 aromatic carbocycles. The first-order valence-electron chi connectivity index (χ1n) is 5.18. The van der Waals surface area contributed by atoms with Gasteiger partial charge in [-0.2, -0.15) is 0 Å². The monoisotopic (exact) mass is 252 g/mol. The van der Waals surface area contributed by atoms with E-state index in [2.05, 4.69) is 24.1 Å². The maximum absolute atomic E-state index is 5.98. The summed E-state index contributed by atoms with van der Waals surface area (Å²) < 4.78 is 0. The minimum absolute atomic E-state index is 0.745. The molecule has 0 aliphatic heterocycles. The predicted molar refractivity (Wildman–Crippen MR) is 71.5 cm³/mol. The Morgan fingerprint density at radius 1 is 1.44 bits per heavy atom. The van der Waals surface area contributed by atoms with Crippen molar-refractivity contribution in [2.45, 2.75) is 13.8 Å². The Hall–Kier alpha value is -1.06. The van der Waals surface area contributed by atoms with E-state index in [4.69, 9.17) is 11.6 Å². The van der Waals surface area contributed by atoms with Crippen molar-refractivity contribution in [2.75, 3.05) is 11.9 Å². The molecule has 0 unspecified atom stereocenters. The van der Waals surface area contributed by atoms with Gasteiger partial charge in [-0.3, -0.25) is 0 Å².